The Hall–Kier alpha value is -1.36. The van der Waals surface area contributed by atoms with Crippen LogP contribution in [0.5, 0.6) is 0 Å². The van der Waals surface area contributed by atoms with E-state index in [0.29, 0.717) is 11.9 Å². The molecule has 1 aromatic heterocycles. The number of allylic oxidation sites excluding steroid dienone is 1. The number of aromatic nitrogens is 3. The van der Waals surface area contributed by atoms with E-state index in [4.69, 9.17) is 11.6 Å². The quantitative estimate of drug-likeness (QED) is 0.845. The minimum absolute atomic E-state index is 0.271. The number of piperidine rings is 1. The predicted octanol–water partition coefficient (Wildman–Crippen LogP) is 3.43. The summed E-state index contributed by atoms with van der Waals surface area (Å²) in [5, 5.41) is 3.55. The second kappa shape index (κ2) is 7.07. The third-order valence-corrected chi connectivity index (χ3v) is 4.27. The molecule has 0 spiro atoms. The van der Waals surface area contributed by atoms with Gasteiger partial charge in [0, 0.05) is 19.6 Å². The van der Waals surface area contributed by atoms with Gasteiger partial charge in [0.25, 0.3) is 0 Å². The molecular weight excluding hydrogens is 286 g/mol. The largest absolute Gasteiger partial charge is 0.354 e. The fraction of sp³-hybridized carbons (Fsp3) is 0.667. The molecule has 5 nitrogen and oxygen atoms in total. The lowest BCUT2D eigenvalue weighted by molar-refractivity contribution is 0.567. The van der Waals surface area contributed by atoms with Gasteiger partial charge in [-0.05, 0) is 56.5 Å². The van der Waals surface area contributed by atoms with Crippen molar-refractivity contribution in [3.05, 3.63) is 16.9 Å². The van der Waals surface area contributed by atoms with Gasteiger partial charge in [-0.1, -0.05) is 11.6 Å². The molecule has 0 saturated carbocycles. The highest BCUT2D eigenvalue weighted by Gasteiger charge is 2.15. The summed E-state index contributed by atoms with van der Waals surface area (Å²) in [5.74, 6) is 1.30. The zero-order valence-corrected chi connectivity index (χ0v) is 13.1. The molecule has 1 fully saturated rings. The Morgan fingerprint density at radius 2 is 1.95 bits per heavy atom. The van der Waals surface area contributed by atoms with Crippen LogP contribution in [0.15, 0.2) is 11.6 Å². The summed E-state index contributed by atoms with van der Waals surface area (Å²) in [6.45, 7) is 2.87. The molecule has 1 aliphatic carbocycles. The van der Waals surface area contributed by atoms with E-state index in [-0.39, 0.29) is 5.28 Å². The van der Waals surface area contributed by atoms with Gasteiger partial charge in [0.2, 0.25) is 17.2 Å². The summed E-state index contributed by atoms with van der Waals surface area (Å²) in [6.07, 6.45) is 10.8. The maximum atomic E-state index is 6.03. The van der Waals surface area contributed by atoms with Crippen LogP contribution in [0.2, 0.25) is 5.28 Å². The van der Waals surface area contributed by atoms with Gasteiger partial charge >= 0.3 is 0 Å². The molecule has 0 unspecified atom stereocenters. The molecule has 2 heterocycles. The van der Waals surface area contributed by atoms with Gasteiger partial charge in [0.1, 0.15) is 0 Å². The Kier molecular flexibility index (Phi) is 4.91. The van der Waals surface area contributed by atoms with E-state index in [1.54, 1.807) is 5.57 Å². The molecule has 1 N–H and O–H groups in total. The van der Waals surface area contributed by atoms with Gasteiger partial charge in [-0.2, -0.15) is 15.0 Å². The van der Waals surface area contributed by atoms with E-state index in [1.807, 2.05) is 0 Å². The summed E-state index contributed by atoms with van der Waals surface area (Å²) in [5.41, 5.74) is 1.54. The van der Waals surface area contributed by atoms with Crippen molar-refractivity contribution < 1.29 is 0 Å². The van der Waals surface area contributed by atoms with Crippen LogP contribution in [0.3, 0.4) is 0 Å². The van der Waals surface area contributed by atoms with Crippen molar-refractivity contribution in [3.8, 4) is 0 Å². The van der Waals surface area contributed by atoms with Crippen LogP contribution in [-0.2, 0) is 0 Å². The molecule has 114 valence electrons. The maximum absolute atomic E-state index is 6.03. The third-order valence-electron chi connectivity index (χ3n) is 4.10. The Morgan fingerprint density at radius 1 is 1.10 bits per heavy atom. The van der Waals surface area contributed by atoms with Crippen LogP contribution >= 0.6 is 11.6 Å². The van der Waals surface area contributed by atoms with E-state index in [2.05, 4.69) is 31.2 Å². The fourth-order valence-electron chi connectivity index (χ4n) is 2.95. The number of anilines is 2. The number of rotatable bonds is 5. The smallest absolute Gasteiger partial charge is 0.231 e. The number of nitrogens with one attached hydrogen (secondary N) is 1. The average molecular weight is 308 g/mol. The van der Waals surface area contributed by atoms with Gasteiger partial charge in [-0.25, -0.2) is 0 Å². The first-order valence-electron chi connectivity index (χ1n) is 7.89. The zero-order valence-electron chi connectivity index (χ0n) is 12.3. The lowest BCUT2D eigenvalue weighted by atomic mass is 10.1. The molecule has 21 heavy (non-hydrogen) atoms. The van der Waals surface area contributed by atoms with Crippen molar-refractivity contribution in [2.24, 2.45) is 0 Å². The van der Waals surface area contributed by atoms with Crippen molar-refractivity contribution in [1.29, 1.82) is 0 Å². The van der Waals surface area contributed by atoms with Crippen molar-refractivity contribution >= 4 is 23.5 Å². The minimum Gasteiger partial charge on any atom is -0.354 e. The van der Waals surface area contributed by atoms with Gasteiger partial charge in [0.15, 0.2) is 0 Å². The number of hydrogen-bond acceptors (Lipinski definition) is 5. The fourth-order valence-corrected chi connectivity index (χ4v) is 3.11. The first-order chi connectivity index (χ1) is 10.3. The summed E-state index contributed by atoms with van der Waals surface area (Å²) in [7, 11) is 0. The van der Waals surface area contributed by atoms with Crippen molar-refractivity contribution in [1.82, 2.24) is 15.0 Å². The molecule has 3 rings (SSSR count). The molecule has 1 aromatic rings. The lowest BCUT2D eigenvalue weighted by Gasteiger charge is -2.26. The topological polar surface area (TPSA) is 53.9 Å². The summed E-state index contributed by atoms with van der Waals surface area (Å²) in [4.78, 5) is 15.1. The molecule has 1 aliphatic heterocycles. The third kappa shape index (κ3) is 4.06. The monoisotopic (exact) mass is 307 g/mol. The van der Waals surface area contributed by atoms with Crippen LogP contribution in [0.1, 0.15) is 44.9 Å². The van der Waals surface area contributed by atoms with Crippen LogP contribution in [0.4, 0.5) is 11.9 Å². The SMILES string of the molecule is Clc1nc(NCCC2=CCCC2)nc(N2CCCCC2)n1. The van der Waals surface area contributed by atoms with E-state index in [1.165, 1.54) is 38.5 Å². The standard InChI is InChI=1S/C15H22ClN5/c16-13-18-14(17-9-8-12-6-2-3-7-12)20-15(19-13)21-10-4-1-5-11-21/h6H,1-5,7-11H2,(H,17,18,19,20). The Balaban J connectivity index is 1.60. The minimum atomic E-state index is 0.271. The molecule has 0 atom stereocenters. The molecular formula is C15H22ClN5. The lowest BCUT2D eigenvalue weighted by Crippen LogP contribution is -2.31. The number of halogens is 1. The van der Waals surface area contributed by atoms with E-state index >= 15 is 0 Å². The number of hydrogen-bond donors (Lipinski definition) is 1. The summed E-state index contributed by atoms with van der Waals surface area (Å²) in [6, 6.07) is 0. The maximum Gasteiger partial charge on any atom is 0.231 e. The predicted molar refractivity (Wildman–Crippen MR) is 85.9 cm³/mol. The van der Waals surface area contributed by atoms with Crippen molar-refractivity contribution in [2.75, 3.05) is 29.9 Å². The van der Waals surface area contributed by atoms with Crippen LogP contribution in [0, 0.1) is 0 Å². The van der Waals surface area contributed by atoms with E-state index < -0.39 is 0 Å². The van der Waals surface area contributed by atoms with Gasteiger partial charge < -0.3 is 10.2 Å². The molecule has 0 bridgehead atoms. The molecule has 0 aromatic carbocycles. The van der Waals surface area contributed by atoms with Gasteiger partial charge in [0.05, 0.1) is 0 Å². The molecule has 0 radical (unpaired) electrons. The second-order valence-electron chi connectivity index (χ2n) is 5.71. The van der Waals surface area contributed by atoms with Crippen LogP contribution < -0.4 is 10.2 Å². The molecule has 6 heteroatoms. The molecule has 2 aliphatic rings. The number of nitrogens with zero attached hydrogens (tertiary/aromatic N) is 4. The Bertz CT molecular complexity index is 511. The Labute approximate surface area is 130 Å². The highest BCUT2D eigenvalue weighted by molar-refractivity contribution is 6.28. The second-order valence-corrected chi connectivity index (χ2v) is 6.05. The molecule has 1 saturated heterocycles. The van der Waals surface area contributed by atoms with Crippen LogP contribution in [-0.4, -0.2) is 34.6 Å². The van der Waals surface area contributed by atoms with Crippen molar-refractivity contribution in [3.63, 3.8) is 0 Å². The van der Waals surface area contributed by atoms with E-state index in [9.17, 15) is 0 Å². The highest BCUT2D eigenvalue weighted by atomic mass is 35.5. The zero-order chi connectivity index (χ0) is 14.5. The normalized spacial score (nSPS) is 18.7. The highest BCUT2D eigenvalue weighted by Crippen LogP contribution is 2.21. The summed E-state index contributed by atoms with van der Waals surface area (Å²) >= 11 is 6.03. The first kappa shape index (κ1) is 14.6. The van der Waals surface area contributed by atoms with Crippen molar-refractivity contribution in [2.45, 2.75) is 44.9 Å². The van der Waals surface area contributed by atoms with Gasteiger partial charge in [-0.15, -0.1) is 0 Å². The van der Waals surface area contributed by atoms with Crippen LogP contribution in [0.25, 0.3) is 0 Å². The average Bonchev–Trinajstić information content (AvgIpc) is 3.01. The summed E-state index contributed by atoms with van der Waals surface area (Å²) < 4.78 is 0. The van der Waals surface area contributed by atoms with Gasteiger partial charge in [-0.3, -0.25) is 0 Å². The molecule has 0 amide bonds. The Morgan fingerprint density at radius 3 is 2.71 bits per heavy atom. The van der Waals surface area contributed by atoms with E-state index in [0.717, 1.165) is 26.1 Å². The first-order valence-corrected chi connectivity index (χ1v) is 8.27.